The summed E-state index contributed by atoms with van der Waals surface area (Å²) in [5.41, 5.74) is -0.0666. The number of benzene rings is 1. The van der Waals surface area contributed by atoms with E-state index < -0.39 is 33.7 Å². The Bertz CT molecular complexity index is 448. The molecule has 1 N–H and O–H groups in total. The largest absolute Gasteiger partial charge is 0.480 e. The first-order valence-electron chi connectivity index (χ1n) is 5.00. The van der Waals surface area contributed by atoms with E-state index in [4.69, 9.17) is 5.11 Å². The maximum Gasteiger partial charge on any atom is 0.319 e. The van der Waals surface area contributed by atoms with E-state index in [0.717, 1.165) is 6.07 Å². The third-order valence-corrected chi connectivity index (χ3v) is 4.06. The van der Waals surface area contributed by atoms with Crippen molar-refractivity contribution in [1.82, 2.24) is 0 Å². The number of hydrogen-bond donors (Lipinski definition) is 1. The standard InChI is InChI=1S/C11H12F2O3S/c1-2-9(11(14)15)17(16)6-7-4-3-5-8(12)10(7)13/h3-5,9H,2,6H2,1H3,(H,14,15). The summed E-state index contributed by atoms with van der Waals surface area (Å²) in [5, 5.41) is 7.73. The molecule has 17 heavy (non-hydrogen) atoms. The molecule has 0 aliphatic heterocycles. The van der Waals surface area contributed by atoms with Gasteiger partial charge in [-0.1, -0.05) is 19.1 Å². The van der Waals surface area contributed by atoms with Crippen LogP contribution in [0.4, 0.5) is 8.78 Å². The number of carbonyl (C=O) groups is 1. The second-order valence-electron chi connectivity index (χ2n) is 3.47. The molecular weight excluding hydrogens is 250 g/mol. The molecule has 0 bridgehead atoms. The summed E-state index contributed by atoms with van der Waals surface area (Å²) in [4.78, 5) is 10.8. The zero-order chi connectivity index (χ0) is 13.0. The summed E-state index contributed by atoms with van der Waals surface area (Å²) in [6.45, 7) is 1.58. The lowest BCUT2D eigenvalue weighted by Crippen LogP contribution is -2.26. The van der Waals surface area contributed by atoms with Gasteiger partial charge in [-0.2, -0.15) is 0 Å². The van der Waals surface area contributed by atoms with Crippen LogP contribution in [0.5, 0.6) is 0 Å². The highest BCUT2D eigenvalue weighted by atomic mass is 32.2. The van der Waals surface area contributed by atoms with E-state index in [0.29, 0.717) is 0 Å². The monoisotopic (exact) mass is 262 g/mol. The number of rotatable bonds is 5. The van der Waals surface area contributed by atoms with E-state index in [-0.39, 0.29) is 17.7 Å². The van der Waals surface area contributed by atoms with Crippen LogP contribution in [0.15, 0.2) is 18.2 Å². The summed E-state index contributed by atoms with van der Waals surface area (Å²) in [7, 11) is -1.76. The Balaban J connectivity index is 2.88. The van der Waals surface area contributed by atoms with Gasteiger partial charge in [0.1, 0.15) is 5.25 Å². The molecule has 0 aliphatic rings. The van der Waals surface area contributed by atoms with Crippen LogP contribution < -0.4 is 0 Å². The molecule has 0 saturated heterocycles. The Kier molecular flexibility index (Phi) is 4.74. The average Bonchev–Trinajstić information content (AvgIpc) is 2.25. The molecule has 2 unspecified atom stereocenters. The summed E-state index contributed by atoms with van der Waals surface area (Å²) in [5.74, 6) is -3.58. The van der Waals surface area contributed by atoms with Gasteiger partial charge in [0.2, 0.25) is 0 Å². The highest BCUT2D eigenvalue weighted by Crippen LogP contribution is 2.16. The molecule has 0 aliphatic carbocycles. The number of halogens is 2. The van der Waals surface area contributed by atoms with Crippen molar-refractivity contribution in [1.29, 1.82) is 0 Å². The third kappa shape index (κ3) is 3.33. The van der Waals surface area contributed by atoms with Crippen molar-refractivity contribution in [2.75, 3.05) is 0 Å². The van der Waals surface area contributed by atoms with Gasteiger partial charge in [-0.3, -0.25) is 9.00 Å². The molecule has 1 aromatic carbocycles. The first-order chi connectivity index (χ1) is 7.97. The Labute approximate surface area is 99.9 Å². The lowest BCUT2D eigenvalue weighted by Gasteiger charge is -2.10. The quantitative estimate of drug-likeness (QED) is 0.883. The van der Waals surface area contributed by atoms with Gasteiger partial charge in [0.05, 0.1) is 5.75 Å². The lowest BCUT2D eigenvalue weighted by atomic mass is 10.2. The van der Waals surface area contributed by atoms with Crippen molar-refractivity contribution in [3.05, 3.63) is 35.4 Å². The van der Waals surface area contributed by atoms with Crippen LogP contribution in [0.1, 0.15) is 18.9 Å². The Morgan fingerprint density at radius 2 is 2.12 bits per heavy atom. The molecule has 0 amide bonds. The van der Waals surface area contributed by atoms with Crippen LogP contribution in [-0.4, -0.2) is 20.5 Å². The van der Waals surface area contributed by atoms with Gasteiger partial charge >= 0.3 is 5.97 Å². The van der Waals surface area contributed by atoms with E-state index in [1.165, 1.54) is 12.1 Å². The molecule has 0 saturated carbocycles. The summed E-state index contributed by atoms with van der Waals surface area (Å²) >= 11 is 0. The number of hydrogen-bond acceptors (Lipinski definition) is 2. The molecular formula is C11H12F2O3S. The van der Waals surface area contributed by atoms with Crippen LogP contribution in [0.25, 0.3) is 0 Å². The van der Waals surface area contributed by atoms with Crippen molar-refractivity contribution >= 4 is 16.8 Å². The van der Waals surface area contributed by atoms with Crippen LogP contribution in [0.2, 0.25) is 0 Å². The van der Waals surface area contributed by atoms with Crippen molar-refractivity contribution in [3.63, 3.8) is 0 Å². The van der Waals surface area contributed by atoms with E-state index in [1.54, 1.807) is 6.92 Å². The number of carboxylic acid groups (broad SMARTS) is 1. The first-order valence-corrected chi connectivity index (χ1v) is 6.38. The fraction of sp³-hybridized carbons (Fsp3) is 0.364. The van der Waals surface area contributed by atoms with Crippen LogP contribution >= 0.6 is 0 Å². The van der Waals surface area contributed by atoms with Gasteiger partial charge in [-0.05, 0) is 12.5 Å². The van der Waals surface area contributed by atoms with E-state index in [2.05, 4.69) is 0 Å². The Morgan fingerprint density at radius 1 is 1.47 bits per heavy atom. The molecule has 1 rings (SSSR count). The predicted octanol–water partition coefficient (Wildman–Crippen LogP) is 2.08. The molecule has 1 aromatic rings. The third-order valence-electron chi connectivity index (χ3n) is 2.29. The minimum atomic E-state index is -1.76. The van der Waals surface area contributed by atoms with Crippen molar-refractivity contribution in [2.45, 2.75) is 24.3 Å². The molecule has 0 spiro atoms. The maximum absolute atomic E-state index is 13.3. The topological polar surface area (TPSA) is 54.4 Å². The zero-order valence-corrected chi connectivity index (χ0v) is 9.97. The first kappa shape index (κ1) is 13.8. The van der Waals surface area contributed by atoms with Gasteiger partial charge in [-0.15, -0.1) is 0 Å². The van der Waals surface area contributed by atoms with Crippen molar-refractivity contribution < 1.29 is 22.9 Å². The van der Waals surface area contributed by atoms with Crippen LogP contribution in [-0.2, 0) is 21.3 Å². The minimum absolute atomic E-state index is 0.0666. The molecule has 0 radical (unpaired) electrons. The molecule has 94 valence electrons. The molecule has 6 heteroatoms. The molecule has 0 fully saturated rings. The molecule has 0 heterocycles. The normalized spacial score (nSPS) is 14.3. The highest BCUT2D eigenvalue weighted by Gasteiger charge is 2.23. The van der Waals surface area contributed by atoms with Gasteiger partial charge in [-0.25, -0.2) is 8.78 Å². The van der Waals surface area contributed by atoms with Crippen LogP contribution in [0, 0.1) is 11.6 Å². The van der Waals surface area contributed by atoms with Gasteiger partial charge in [0.15, 0.2) is 11.6 Å². The Hall–Kier alpha value is -1.30. The van der Waals surface area contributed by atoms with Crippen molar-refractivity contribution in [3.8, 4) is 0 Å². The summed E-state index contributed by atoms with van der Waals surface area (Å²) in [6.07, 6.45) is 0.179. The average molecular weight is 262 g/mol. The van der Waals surface area contributed by atoms with Crippen LogP contribution in [0.3, 0.4) is 0 Å². The molecule has 0 aromatic heterocycles. The fourth-order valence-electron chi connectivity index (χ4n) is 1.39. The van der Waals surface area contributed by atoms with E-state index in [9.17, 15) is 17.8 Å². The number of aliphatic carboxylic acids is 1. The second kappa shape index (κ2) is 5.86. The SMILES string of the molecule is CCC(C(=O)O)S(=O)Cc1cccc(F)c1F. The zero-order valence-electron chi connectivity index (χ0n) is 9.15. The Morgan fingerprint density at radius 3 is 2.65 bits per heavy atom. The lowest BCUT2D eigenvalue weighted by molar-refractivity contribution is -0.136. The second-order valence-corrected chi connectivity index (χ2v) is 5.09. The summed E-state index contributed by atoms with van der Waals surface area (Å²) < 4.78 is 37.8. The van der Waals surface area contributed by atoms with E-state index in [1.807, 2.05) is 0 Å². The molecule has 2 atom stereocenters. The van der Waals surface area contributed by atoms with Gasteiger partial charge in [0, 0.05) is 16.4 Å². The van der Waals surface area contributed by atoms with E-state index >= 15 is 0 Å². The highest BCUT2D eigenvalue weighted by molar-refractivity contribution is 7.85. The van der Waals surface area contributed by atoms with Gasteiger partial charge in [0.25, 0.3) is 0 Å². The van der Waals surface area contributed by atoms with Gasteiger partial charge < -0.3 is 5.11 Å². The summed E-state index contributed by atoms with van der Waals surface area (Å²) in [6, 6.07) is 3.55. The van der Waals surface area contributed by atoms with Crippen molar-refractivity contribution in [2.24, 2.45) is 0 Å². The smallest absolute Gasteiger partial charge is 0.319 e. The molecule has 3 nitrogen and oxygen atoms in total. The fourth-order valence-corrected chi connectivity index (χ4v) is 2.71. The number of carboxylic acids is 1. The predicted molar refractivity (Wildman–Crippen MR) is 59.9 cm³/mol. The maximum atomic E-state index is 13.3. The minimum Gasteiger partial charge on any atom is -0.480 e.